The Morgan fingerprint density at radius 1 is 1.53 bits per heavy atom. The van der Waals surface area contributed by atoms with Crippen molar-refractivity contribution in [1.82, 2.24) is 5.01 Å². The predicted octanol–water partition coefficient (Wildman–Crippen LogP) is -1.67. The van der Waals surface area contributed by atoms with Gasteiger partial charge in [-0.2, -0.15) is 0 Å². The number of halogens is 1. The SMILES string of the molecule is Cc1ccc(Cl)cc1N=NN(C)CC(=O)[O-].[Na+]. The molecule has 0 radical (unpaired) electrons. The van der Waals surface area contributed by atoms with Crippen LogP contribution in [0.2, 0.25) is 5.02 Å². The van der Waals surface area contributed by atoms with Crippen LogP contribution < -0.4 is 34.7 Å². The Labute approximate surface area is 127 Å². The van der Waals surface area contributed by atoms with Gasteiger partial charge in [0.15, 0.2) is 0 Å². The van der Waals surface area contributed by atoms with Crippen LogP contribution >= 0.6 is 11.6 Å². The van der Waals surface area contributed by atoms with Crippen molar-refractivity contribution in [3.63, 3.8) is 0 Å². The van der Waals surface area contributed by atoms with Crippen molar-refractivity contribution >= 4 is 23.3 Å². The average Bonchev–Trinajstić information content (AvgIpc) is 2.18. The summed E-state index contributed by atoms with van der Waals surface area (Å²) in [5.41, 5.74) is 1.52. The molecule has 1 aromatic rings. The van der Waals surface area contributed by atoms with E-state index in [0.29, 0.717) is 10.7 Å². The first kappa shape index (κ1) is 16.4. The first-order chi connectivity index (χ1) is 7.49. The number of benzene rings is 1. The van der Waals surface area contributed by atoms with Gasteiger partial charge in [-0.15, -0.1) is 5.11 Å². The Morgan fingerprint density at radius 2 is 2.18 bits per heavy atom. The summed E-state index contributed by atoms with van der Waals surface area (Å²) in [4.78, 5) is 10.3. The number of carboxylic acids is 1. The molecule has 7 heteroatoms. The minimum Gasteiger partial charge on any atom is -0.548 e. The summed E-state index contributed by atoms with van der Waals surface area (Å²) in [6, 6.07) is 5.23. The molecule has 0 atom stereocenters. The smallest absolute Gasteiger partial charge is 0.548 e. The topological polar surface area (TPSA) is 68.1 Å². The van der Waals surface area contributed by atoms with Crippen LogP contribution in [0.1, 0.15) is 5.56 Å². The number of carbonyl (C=O) groups excluding carboxylic acids is 1. The molecule has 5 nitrogen and oxygen atoms in total. The monoisotopic (exact) mass is 263 g/mol. The third kappa shape index (κ3) is 6.02. The molecule has 0 amide bonds. The molecule has 1 rings (SSSR count). The third-order valence-electron chi connectivity index (χ3n) is 1.83. The number of rotatable bonds is 4. The second kappa shape index (κ2) is 7.66. The first-order valence-corrected chi connectivity index (χ1v) is 4.95. The zero-order valence-electron chi connectivity index (χ0n) is 9.98. The number of carboxylic acid groups (broad SMARTS) is 1. The standard InChI is InChI=1S/C10H12ClN3O2.Na/c1-7-3-4-8(11)5-9(7)12-13-14(2)6-10(15)16;/h3-5H,6H2,1-2H3,(H,15,16);/q;+1/p-1. The summed E-state index contributed by atoms with van der Waals surface area (Å²) in [7, 11) is 1.50. The molecule has 0 aliphatic rings. The summed E-state index contributed by atoms with van der Waals surface area (Å²) in [6.45, 7) is 1.56. The molecule has 0 aromatic heterocycles. The second-order valence-electron chi connectivity index (χ2n) is 3.31. The van der Waals surface area contributed by atoms with Crippen molar-refractivity contribution in [1.29, 1.82) is 0 Å². The van der Waals surface area contributed by atoms with Crippen molar-refractivity contribution < 1.29 is 39.5 Å². The fourth-order valence-corrected chi connectivity index (χ4v) is 1.20. The molecular weight excluding hydrogens is 253 g/mol. The van der Waals surface area contributed by atoms with E-state index in [2.05, 4.69) is 10.3 Å². The Balaban J connectivity index is 0.00000256. The molecule has 0 heterocycles. The van der Waals surface area contributed by atoms with Gasteiger partial charge >= 0.3 is 29.6 Å². The molecule has 0 N–H and O–H groups in total. The molecule has 0 spiro atoms. The predicted molar refractivity (Wildman–Crippen MR) is 58.3 cm³/mol. The number of aliphatic carboxylic acids is 1. The number of carbonyl (C=O) groups is 1. The van der Waals surface area contributed by atoms with Crippen LogP contribution in [0.15, 0.2) is 28.5 Å². The summed E-state index contributed by atoms with van der Waals surface area (Å²) in [6.07, 6.45) is 0. The second-order valence-corrected chi connectivity index (χ2v) is 3.74. The van der Waals surface area contributed by atoms with Gasteiger partial charge in [0.25, 0.3) is 0 Å². The van der Waals surface area contributed by atoms with Crippen LogP contribution in [0.4, 0.5) is 5.69 Å². The van der Waals surface area contributed by atoms with Crippen molar-refractivity contribution in [2.45, 2.75) is 6.92 Å². The van der Waals surface area contributed by atoms with Gasteiger partial charge in [-0.25, -0.2) is 0 Å². The maximum absolute atomic E-state index is 10.3. The minimum atomic E-state index is -1.20. The Kier molecular flexibility index (Phi) is 7.38. The number of likely N-dealkylation sites (N-methyl/N-ethyl adjacent to an activating group) is 1. The molecule has 0 aliphatic heterocycles. The fourth-order valence-electron chi connectivity index (χ4n) is 1.03. The molecule has 0 unspecified atom stereocenters. The van der Waals surface area contributed by atoms with Gasteiger partial charge in [0.05, 0.1) is 18.2 Å². The van der Waals surface area contributed by atoms with E-state index in [-0.39, 0.29) is 36.1 Å². The Hall–Kier alpha value is -0.620. The number of aryl methyl sites for hydroxylation is 1. The molecular formula is C10H11ClN3NaO2. The van der Waals surface area contributed by atoms with E-state index < -0.39 is 5.97 Å². The molecule has 0 saturated carbocycles. The van der Waals surface area contributed by atoms with Gasteiger partial charge in [0.2, 0.25) is 0 Å². The zero-order valence-corrected chi connectivity index (χ0v) is 12.7. The fraction of sp³-hybridized carbons (Fsp3) is 0.300. The molecule has 0 aliphatic carbocycles. The molecule has 17 heavy (non-hydrogen) atoms. The summed E-state index contributed by atoms with van der Waals surface area (Å²) < 4.78 is 0. The van der Waals surface area contributed by atoms with E-state index in [4.69, 9.17) is 11.6 Å². The molecule has 0 fully saturated rings. The van der Waals surface area contributed by atoms with Crippen LogP contribution in [0, 0.1) is 6.92 Å². The quantitative estimate of drug-likeness (QED) is 0.371. The number of nitrogens with zero attached hydrogens (tertiary/aromatic N) is 3. The van der Waals surface area contributed by atoms with E-state index in [1.807, 2.05) is 13.0 Å². The van der Waals surface area contributed by atoms with Gasteiger partial charge < -0.3 is 9.90 Å². The van der Waals surface area contributed by atoms with E-state index in [1.54, 1.807) is 12.1 Å². The van der Waals surface area contributed by atoms with Crippen molar-refractivity contribution in [3.05, 3.63) is 28.8 Å². The van der Waals surface area contributed by atoms with Crippen LogP contribution in [0.5, 0.6) is 0 Å². The molecule has 1 aromatic carbocycles. The molecule has 0 bridgehead atoms. The number of hydrogen-bond donors (Lipinski definition) is 0. The largest absolute Gasteiger partial charge is 1.00 e. The van der Waals surface area contributed by atoms with Gasteiger partial charge in [0, 0.05) is 12.1 Å². The average molecular weight is 264 g/mol. The summed E-state index contributed by atoms with van der Waals surface area (Å²) in [5, 5.41) is 19.6. The van der Waals surface area contributed by atoms with Gasteiger partial charge in [-0.05, 0) is 24.6 Å². The van der Waals surface area contributed by atoms with E-state index in [9.17, 15) is 9.90 Å². The van der Waals surface area contributed by atoms with Crippen molar-refractivity contribution in [2.24, 2.45) is 10.3 Å². The van der Waals surface area contributed by atoms with Crippen molar-refractivity contribution in [3.8, 4) is 0 Å². The number of hydrogen-bond acceptors (Lipinski definition) is 4. The Morgan fingerprint density at radius 3 is 2.76 bits per heavy atom. The van der Waals surface area contributed by atoms with Crippen LogP contribution in [0.25, 0.3) is 0 Å². The maximum atomic E-state index is 10.3. The maximum Gasteiger partial charge on any atom is 1.00 e. The van der Waals surface area contributed by atoms with E-state index >= 15 is 0 Å². The summed E-state index contributed by atoms with van der Waals surface area (Å²) >= 11 is 5.80. The zero-order chi connectivity index (χ0) is 12.1. The van der Waals surface area contributed by atoms with Crippen LogP contribution in [-0.4, -0.2) is 24.6 Å². The first-order valence-electron chi connectivity index (χ1n) is 4.58. The van der Waals surface area contributed by atoms with Crippen molar-refractivity contribution in [2.75, 3.05) is 13.6 Å². The normalized spacial score (nSPS) is 10.1. The summed E-state index contributed by atoms with van der Waals surface area (Å²) in [5.74, 6) is -1.20. The molecule has 86 valence electrons. The van der Waals surface area contributed by atoms with E-state index in [1.165, 1.54) is 12.1 Å². The molecule has 0 saturated heterocycles. The van der Waals surface area contributed by atoms with Crippen LogP contribution in [-0.2, 0) is 4.79 Å². The van der Waals surface area contributed by atoms with Crippen LogP contribution in [0.3, 0.4) is 0 Å². The third-order valence-corrected chi connectivity index (χ3v) is 2.07. The Bertz CT molecular complexity index is 426. The van der Waals surface area contributed by atoms with Gasteiger partial charge in [0.1, 0.15) is 0 Å². The minimum absolute atomic E-state index is 0. The van der Waals surface area contributed by atoms with Gasteiger partial charge in [-0.3, -0.25) is 5.01 Å². The van der Waals surface area contributed by atoms with Gasteiger partial charge in [-0.1, -0.05) is 22.9 Å². The van der Waals surface area contributed by atoms with E-state index in [0.717, 1.165) is 5.56 Å².